The molecule has 1 N–H and O–H groups in total. The second-order valence-corrected chi connectivity index (χ2v) is 4.85. The van der Waals surface area contributed by atoms with E-state index in [1.165, 1.54) is 4.90 Å². The van der Waals surface area contributed by atoms with Crippen LogP contribution < -0.4 is 4.74 Å². The molecule has 0 bridgehead atoms. The highest BCUT2D eigenvalue weighted by Gasteiger charge is 2.33. The number of rotatable bonds is 6. The molecule has 1 amide bonds. The van der Waals surface area contributed by atoms with Crippen molar-refractivity contribution in [3.8, 4) is 5.75 Å². The third-order valence-electron chi connectivity index (χ3n) is 3.41. The molecule has 108 valence electrons. The molecule has 2 rings (SSSR count). The van der Waals surface area contributed by atoms with E-state index in [2.05, 4.69) is 0 Å². The summed E-state index contributed by atoms with van der Waals surface area (Å²) in [4.78, 5) is 24.5. The first-order valence-electron chi connectivity index (χ1n) is 6.88. The molecule has 1 aromatic carbocycles. The van der Waals surface area contributed by atoms with Crippen LogP contribution in [0.1, 0.15) is 25.7 Å². The SMILES string of the molecule is O=C(O)[C@@H]1CCCN1C(=O)CCCOc1ccccc1. The maximum atomic E-state index is 12.0. The van der Waals surface area contributed by atoms with Gasteiger partial charge in [0.2, 0.25) is 5.91 Å². The van der Waals surface area contributed by atoms with Gasteiger partial charge in [0, 0.05) is 13.0 Å². The minimum absolute atomic E-state index is 0.0911. The summed E-state index contributed by atoms with van der Waals surface area (Å²) in [6.45, 7) is 1.01. The highest BCUT2D eigenvalue weighted by molar-refractivity contribution is 5.84. The molecule has 0 aliphatic carbocycles. The first kappa shape index (κ1) is 14.4. The molecule has 0 unspecified atom stereocenters. The monoisotopic (exact) mass is 277 g/mol. The smallest absolute Gasteiger partial charge is 0.326 e. The lowest BCUT2D eigenvalue weighted by Gasteiger charge is -2.21. The second kappa shape index (κ2) is 6.93. The Morgan fingerprint density at radius 1 is 1.30 bits per heavy atom. The number of carbonyl (C=O) groups excluding carboxylic acids is 1. The standard InChI is InChI=1S/C15H19NO4/c17-14(16-10-4-8-13(16)15(18)19)9-5-11-20-12-6-2-1-3-7-12/h1-3,6-7,13H,4-5,8-11H2,(H,18,19)/t13-/m0/s1. The number of likely N-dealkylation sites (tertiary alicyclic amines) is 1. The van der Waals surface area contributed by atoms with E-state index in [0.29, 0.717) is 32.4 Å². The molecule has 1 aliphatic heterocycles. The summed E-state index contributed by atoms with van der Waals surface area (Å²) in [6.07, 6.45) is 2.25. The van der Waals surface area contributed by atoms with Crippen LogP contribution in [0.3, 0.4) is 0 Å². The fourth-order valence-electron chi connectivity index (χ4n) is 2.40. The number of nitrogens with zero attached hydrogens (tertiary/aromatic N) is 1. The Hall–Kier alpha value is -2.04. The highest BCUT2D eigenvalue weighted by Crippen LogP contribution is 2.19. The number of aliphatic carboxylic acids is 1. The average Bonchev–Trinajstić information content (AvgIpc) is 2.94. The summed E-state index contributed by atoms with van der Waals surface area (Å²) < 4.78 is 5.51. The quantitative estimate of drug-likeness (QED) is 0.807. The lowest BCUT2D eigenvalue weighted by atomic mass is 10.2. The zero-order valence-electron chi connectivity index (χ0n) is 11.3. The molecule has 0 radical (unpaired) electrons. The highest BCUT2D eigenvalue weighted by atomic mass is 16.5. The summed E-state index contributed by atoms with van der Waals surface area (Å²) in [5.41, 5.74) is 0. The van der Waals surface area contributed by atoms with E-state index >= 15 is 0 Å². The number of ether oxygens (including phenoxy) is 1. The van der Waals surface area contributed by atoms with Crippen LogP contribution >= 0.6 is 0 Å². The molecule has 1 saturated heterocycles. The van der Waals surface area contributed by atoms with E-state index in [0.717, 1.165) is 12.2 Å². The van der Waals surface area contributed by atoms with Crippen molar-refractivity contribution in [2.45, 2.75) is 31.7 Å². The molecule has 1 aliphatic rings. The van der Waals surface area contributed by atoms with E-state index in [9.17, 15) is 9.59 Å². The van der Waals surface area contributed by atoms with Gasteiger partial charge in [-0.3, -0.25) is 4.79 Å². The number of hydrogen-bond acceptors (Lipinski definition) is 3. The van der Waals surface area contributed by atoms with Gasteiger partial charge in [-0.15, -0.1) is 0 Å². The van der Waals surface area contributed by atoms with Crippen molar-refractivity contribution in [2.75, 3.05) is 13.2 Å². The molecule has 1 heterocycles. The zero-order chi connectivity index (χ0) is 14.4. The Balaban J connectivity index is 1.71. The summed E-state index contributed by atoms with van der Waals surface area (Å²) in [6, 6.07) is 8.78. The van der Waals surface area contributed by atoms with Crippen LogP contribution in [0.5, 0.6) is 5.75 Å². The van der Waals surface area contributed by atoms with Crippen molar-refractivity contribution in [3.05, 3.63) is 30.3 Å². The van der Waals surface area contributed by atoms with Crippen LogP contribution in [0.4, 0.5) is 0 Å². The molecule has 0 aromatic heterocycles. The molecule has 5 heteroatoms. The molecule has 0 spiro atoms. The van der Waals surface area contributed by atoms with Crippen LogP contribution in [0.2, 0.25) is 0 Å². The minimum atomic E-state index is -0.906. The third kappa shape index (κ3) is 3.73. The topological polar surface area (TPSA) is 66.8 Å². The predicted octanol–water partition coefficient (Wildman–Crippen LogP) is 1.92. The van der Waals surface area contributed by atoms with Gasteiger partial charge in [0.15, 0.2) is 0 Å². The number of amides is 1. The Morgan fingerprint density at radius 2 is 2.05 bits per heavy atom. The fourth-order valence-corrected chi connectivity index (χ4v) is 2.40. The van der Waals surface area contributed by atoms with Gasteiger partial charge in [-0.1, -0.05) is 18.2 Å². The van der Waals surface area contributed by atoms with Gasteiger partial charge in [-0.2, -0.15) is 0 Å². The molecular formula is C15H19NO4. The zero-order valence-corrected chi connectivity index (χ0v) is 11.3. The lowest BCUT2D eigenvalue weighted by molar-refractivity contribution is -0.148. The van der Waals surface area contributed by atoms with E-state index in [4.69, 9.17) is 9.84 Å². The van der Waals surface area contributed by atoms with Crippen LogP contribution in [0.15, 0.2) is 30.3 Å². The molecule has 5 nitrogen and oxygen atoms in total. The van der Waals surface area contributed by atoms with E-state index in [-0.39, 0.29) is 5.91 Å². The average molecular weight is 277 g/mol. The van der Waals surface area contributed by atoms with Crippen molar-refractivity contribution >= 4 is 11.9 Å². The Labute approximate surface area is 118 Å². The number of benzene rings is 1. The second-order valence-electron chi connectivity index (χ2n) is 4.85. The maximum Gasteiger partial charge on any atom is 0.326 e. The van der Waals surface area contributed by atoms with Crippen molar-refractivity contribution in [3.63, 3.8) is 0 Å². The molecular weight excluding hydrogens is 258 g/mol. The normalized spacial score (nSPS) is 18.0. The number of carbonyl (C=O) groups is 2. The molecule has 1 atom stereocenters. The van der Waals surface area contributed by atoms with Crippen LogP contribution in [0.25, 0.3) is 0 Å². The van der Waals surface area contributed by atoms with Gasteiger partial charge in [0.25, 0.3) is 0 Å². The van der Waals surface area contributed by atoms with E-state index in [1.54, 1.807) is 0 Å². The third-order valence-corrected chi connectivity index (χ3v) is 3.41. The van der Waals surface area contributed by atoms with Gasteiger partial charge >= 0.3 is 5.97 Å². The van der Waals surface area contributed by atoms with Gasteiger partial charge in [0.1, 0.15) is 11.8 Å². The first-order chi connectivity index (χ1) is 9.68. The van der Waals surface area contributed by atoms with E-state index < -0.39 is 12.0 Å². The lowest BCUT2D eigenvalue weighted by Crippen LogP contribution is -2.40. The van der Waals surface area contributed by atoms with Gasteiger partial charge in [-0.25, -0.2) is 4.79 Å². The number of hydrogen-bond donors (Lipinski definition) is 1. The van der Waals surface area contributed by atoms with Crippen molar-refractivity contribution < 1.29 is 19.4 Å². The Kier molecular flexibility index (Phi) is 4.98. The summed E-state index contributed by atoms with van der Waals surface area (Å²) in [7, 11) is 0. The summed E-state index contributed by atoms with van der Waals surface area (Å²) in [5, 5.41) is 9.03. The predicted molar refractivity (Wildman–Crippen MR) is 73.5 cm³/mol. The fraction of sp³-hybridized carbons (Fsp3) is 0.467. The van der Waals surface area contributed by atoms with E-state index in [1.807, 2.05) is 30.3 Å². The largest absolute Gasteiger partial charge is 0.494 e. The number of carboxylic acid groups (broad SMARTS) is 1. The van der Waals surface area contributed by atoms with Crippen molar-refractivity contribution in [1.29, 1.82) is 0 Å². The molecule has 1 aromatic rings. The van der Waals surface area contributed by atoms with Crippen molar-refractivity contribution in [1.82, 2.24) is 4.90 Å². The number of para-hydroxylation sites is 1. The van der Waals surface area contributed by atoms with Crippen LogP contribution in [-0.2, 0) is 9.59 Å². The molecule has 1 fully saturated rings. The van der Waals surface area contributed by atoms with Gasteiger partial charge < -0.3 is 14.7 Å². The number of carboxylic acids is 1. The molecule has 0 saturated carbocycles. The van der Waals surface area contributed by atoms with Crippen LogP contribution in [-0.4, -0.2) is 41.1 Å². The van der Waals surface area contributed by atoms with Crippen molar-refractivity contribution in [2.24, 2.45) is 0 Å². The molecule has 20 heavy (non-hydrogen) atoms. The van der Waals surface area contributed by atoms with Crippen LogP contribution in [0, 0.1) is 0 Å². The Bertz CT molecular complexity index is 460. The minimum Gasteiger partial charge on any atom is -0.494 e. The summed E-state index contributed by atoms with van der Waals surface area (Å²) in [5.74, 6) is -0.215. The van der Waals surface area contributed by atoms with Gasteiger partial charge in [0.05, 0.1) is 6.61 Å². The summed E-state index contributed by atoms with van der Waals surface area (Å²) >= 11 is 0. The Morgan fingerprint density at radius 3 is 2.75 bits per heavy atom. The maximum absolute atomic E-state index is 12.0. The first-order valence-corrected chi connectivity index (χ1v) is 6.88. The van der Waals surface area contributed by atoms with Gasteiger partial charge in [-0.05, 0) is 31.4 Å².